The van der Waals surface area contributed by atoms with E-state index in [1.807, 2.05) is 0 Å². The summed E-state index contributed by atoms with van der Waals surface area (Å²) in [6.45, 7) is 4.46. The molecule has 0 aliphatic heterocycles. The normalized spacial score (nSPS) is 11.2. The maximum Gasteiger partial charge on any atom is 0.389 e. The summed E-state index contributed by atoms with van der Waals surface area (Å²) in [6.07, 6.45) is 1.30. The molecule has 1 heterocycles. The second kappa shape index (κ2) is 5.68. The van der Waals surface area contributed by atoms with E-state index < -0.39 is 22.3 Å². The minimum atomic E-state index is -1.36. The summed E-state index contributed by atoms with van der Waals surface area (Å²) in [7, 11) is 0. The van der Waals surface area contributed by atoms with Gasteiger partial charge in [0.25, 0.3) is 0 Å². The fraction of sp³-hybridized carbons (Fsp3) is 0.545. The number of nitro groups is 1. The number of carboxylic acids is 1. The summed E-state index contributed by atoms with van der Waals surface area (Å²) in [4.78, 5) is 34.3. The van der Waals surface area contributed by atoms with E-state index in [1.165, 1.54) is 31.0 Å². The molecule has 9 nitrogen and oxygen atoms in total. The van der Waals surface area contributed by atoms with Gasteiger partial charge in [-0.3, -0.25) is 4.79 Å². The number of nitrogens with zero attached hydrogens (tertiary/aromatic N) is 4. The number of rotatable bonds is 6. The summed E-state index contributed by atoms with van der Waals surface area (Å²) in [6, 6.07) is 1.17. The van der Waals surface area contributed by atoms with Gasteiger partial charge in [0, 0.05) is 6.54 Å². The predicted molar refractivity (Wildman–Crippen MR) is 68.0 cm³/mol. The van der Waals surface area contributed by atoms with Crippen LogP contribution in [0.2, 0.25) is 0 Å². The monoisotopic (exact) mass is 284 g/mol. The first-order valence-corrected chi connectivity index (χ1v) is 5.91. The zero-order valence-corrected chi connectivity index (χ0v) is 11.4. The lowest BCUT2D eigenvalue weighted by atomic mass is 10.0. The Labute approximate surface area is 114 Å². The van der Waals surface area contributed by atoms with Gasteiger partial charge in [0.1, 0.15) is 12.1 Å². The largest absolute Gasteiger partial charge is 0.480 e. The Hall–Kier alpha value is -2.45. The third-order valence-corrected chi connectivity index (χ3v) is 2.93. The minimum absolute atomic E-state index is 0.210. The molecule has 0 spiro atoms. The first-order chi connectivity index (χ1) is 9.20. The molecule has 0 unspecified atom stereocenters. The summed E-state index contributed by atoms with van der Waals surface area (Å²) >= 11 is 0. The van der Waals surface area contributed by atoms with Crippen LogP contribution in [-0.4, -0.2) is 48.7 Å². The first kappa shape index (κ1) is 15.6. The molecule has 9 heteroatoms. The van der Waals surface area contributed by atoms with Gasteiger partial charge >= 0.3 is 11.8 Å². The van der Waals surface area contributed by atoms with Gasteiger partial charge in [-0.05, 0) is 25.7 Å². The Morgan fingerprint density at radius 1 is 1.55 bits per heavy atom. The van der Waals surface area contributed by atoms with Gasteiger partial charge in [-0.15, -0.1) is 0 Å². The van der Waals surface area contributed by atoms with E-state index in [9.17, 15) is 19.7 Å². The average molecular weight is 284 g/mol. The molecule has 1 amide bonds. The number of hydrogen-bond donors (Lipinski definition) is 1. The van der Waals surface area contributed by atoms with Gasteiger partial charge in [-0.2, -0.15) is 4.68 Å². The maximum absolute atomic E-state index is 12.1. The van der Waals surface area contributed by atoms with Gasteiger partial charge in [0.15, 0.2) is 0 Å². The van der Waals surface area contributed by atoms with Crippen molar-refractivity contribution < 1.29 is 19.6 Å². The molecule has 0 aliphatic carbocycles. The molecule has 110 valence electrons. The van der Waals surface area contributed by atoms with E-state index in [-0.39, 0.29) is 18.9 Å². The molecular weight excluding hydrogens is 268 g/mol. The fourth-order valence-corrected chi connectivity index (χ4v) is 1.76. The lowest BCUT2D eigenvalue weighted by Gasteiger charge is -2.33. The number of aromatic nitrogens is 2. The van der Waals surface area contributed by atoms with E-state index >= 15 is 0 Å². The average Bonchev–Trinajstić information content (AvgIpc) is 2.77. The summed E-state index contributed by atoms with van der Waals surface area (Å²) in [5.74, 6) is -1.96. The highest BCUT2D eigenvalue weighted by Crippen LogP contribution is 2.15. The number of amides is 1. The lowest BCUT2D eigenvalue weighted by Crippen LogP contribution is -2.53. The van der Waals surface area contributed by atoms with Crippen LogP contribution in [0.5, 0.6) is 0 Å². The van der Waals surface area contributed by atoms with Crippen molar-refractivity contribution in [2.45, 2.75) is 32.9 Å². The van der Waals surface area contributed by atoms with Crippen molar-refractivity contribution in [1.82, 2.24) is 14.7 Å². The van der Waals surface area contributed by atoms with Crippen molar-refractivity contribution >= 4 is 17.7 Å². The molecule has 0 saturated carbocycles. The second-order valence-electron chi connectivity index (χ2n) is 4.63. The third kappa shape index (κ3) is 3.11. The fourth-order valence-electron chi connectivity index (χ4n) is 1.76. The minimum Gasteiger partial charge on any atom is -0.480 e. The van der Waals surface area contributed by atoms with Crippen molar-refractivity contribution in [3.8, 4) is 0 Å². The zero-order chi connectivity index (χ0) is 15.5. The van der Waals surface area contributed by atoms with Gasteiger partial charge in [0.2, 0.25) is 5.91 Å². The van der Waals surface area contributed by atoms with Gasteiger partial charge in [-0.25, -0.2) is 4.79 Å². The Morgan fingerprint density at radius 2 is 2.15 bits per heavy atom. The van der Waals surface area contributed by atoms with Crippen molar-refractivity contribution in [3.63, 3.8) is 0 Å². The van der Waals surface area contributed by atoms with Crippen LogP contribution in [-0.2, 0) is 16.1 Å². The molecule has 20 heavy (non-hydrogen) atoms. The summed E-state index contributed by atoms with van der Waals surface area (Å²) in [5.41, 5.74) is -1.36. The highest BCUT2D eigenvalue weighted by atomic mass is 16.6. The molecule has 0 fully saturated rings. The lowest BCUT2D eigenvalue weighted by molar-refractivity contribution is -0.389. The zero-order valence-electron chi connectivity index (χ0n) is 11.4. The molecule has 1 N–H and O–H groups in total. The molecule has 1 aromatic heterocycles. The van der Waals surface area contributed by atoms with E-state index in [0.29, 0.717) is 0 Å². The Balaban J connectivity index is 2.87. The topological polar surface area (TPSA) is 119 Å². The molecule has 1 aromatic rings. The SMILES string of the molecule is CCN(C(=O)Cn1ccc([N+](=O)[O-])n1)C(C)(C)C(=O)O. The van der Waals surface area contributed by atoms with E-state index in [2.05, 4.69) is 5.10 Å². The van der Waals surface area contributed by atoms with Crippen LogP contribution in [0.1, 0.15) is 20.8 Å². The molecule has 0 bridgehead atoms. The molecule has 0 atom stereocenters. The Kier molecular flexibility index (Phi) is 4.43. The van der Waals surface area contributed by atoms with Crippen molar-refractivity contribution in [1.29, 1.82) is 0 Å². The van der Waals surface area contributed by atoms with Crippen LogP contribution in [0.3, 0.4) is 0 Å². The Morgan fingerprint density at radius 3 is 2.55 bits per heavy atom. The van der Waals surface area contributed by atoms with Crippen LogP contribution in [0.25, 0.3) is 0 Å². The van der Waals surface area contributed by atoms with Gasteiger partial charge in [-0.1, -0.05) is 0 Å². The van der Waals surface area contributed by atoms with Gasteiger partial charge in [0.05, 0.1) is 17.4 Å². The molecule has 0 aromatic carbocycles. The first-order valence-electron chi connectivity index (χ1n) is 5.91. The van der Waals surface area contributed by atoms with Crippen LogP contribution in [0.4, 0.5) is 5.82 Å². The quantitative estimate of drug-likeness (QED) is 0.600. The smallest absolute Gasteiger partial charge is 0.389 e. The molecular formula is C11H16N4O5. The van der Waals surface area contributed by atoms with Crippen LogP contribution >= 0.6 is 0 Å². The number of likely N-dealkylation sites (N-methyl/N-ethyl adjacent to an activating group) is 1. The van der Waals surface area contributed by atoms with Crippen LogP contribution in [0, 0.1) is 10.1 Å². The van der Waals surface area contributed by atoms with Crippen LogP contribution < -0.4 is 0 Å². The van der Waals surface area contributed by atoms with Crippen molar-refractivity contribution in [2.24, 2.45) is 0 Å². The number of carbonyl (C=O) groups is 2. The number of carboxylic acid groups (broad SMARTS) is 1. The van der Waals surface area contributed by atoms with E-state index in [4.69, 9.17) is 5.11 Å². The van der Waals surface area contributed by atoms with Crippen LogP contribution in [0.15, 0.2) is 12.3 Å². The maximum atomic E-state index is 12.1. The summed E-state index contributed by atoms with van der Waals surface area (Å²) < 4.78 is 1.11. The molecule has 0 radical (unpaired) electrons. The van der Waals surface area contributed by atoms with Crippen molar-refractivity contribution in [3.05, 3.63) is 22.4 Å². The number of aliphatic carboxylic acids is 1. The number of carbonyl (C=O) groups excluding carboxylic acids is 1. The molecule has 1 rings (SSSR count). The standard InChI is InChI=1S/C11H16N4O5/c1-4-14(11(2,3)10(17)18)9(16)7-13-6-5-8(12-13)15(19)20/h5-6H,4,7H2,1-3H3,(H,17,18). The molecule has 0 aliphatic rings. The van der Waals surface area contributed by atoms with E-state index in [0.717, 1.165) is 4.68 Å². The summed E-state index contributed by atoms with van der Waals surface area (Å²) in [5, 5.41) is 23.2. The Bertz CT molecular complexity index is 537. The van der Waals surface area contributed by atoms with E-state index in [1.54, 1.807) is 6.92 Å². The third-order valence-electron chi connectivity index (χ3n) is 2.93. The van der Waals surface area contributed by atoms with Gasteiger partial charge < -0.3 is 20.1 Å². The molecule has 0 saturated heterocycles. The predicted octanol–water partition coefficient (Wildman–Crippen LogP) is 0.503. The number of hydrogen-bond acceptors (Lipinski definition) is 5. The second-order valence-corrected chi connectivity index (χ2v) is 4.63. The highest BCUT2D eigenvalue weighted by molar-refractivity contribution is 5.86. The van der Waals surface area contributed by atoms with Crippen molar-refractivity contribution in [2.75, 3.05) is 6.54 Å². The highest BCUT2D eigenvalue weighted by Gasteiger charge is 2.37.